The van der Waals surface area contributed by atoms with Gasteiger partial charge in [0, 0.05) is 6.92 Å². The molecule has 5 rings (SSSR count). The van der Waals surface area contributed by atoms with Crippen LogP contribution in [0.2, 0.25) is 0 Å². The number of nitrogens with one attached hydrogen (secondary N) is 1. The molecule has 4 saturated carbocycles. The minimum absolute atomic E-state index is 0.0848. The van der Waals surface area contributed by atoms with Gasteiger partial charge in [-0.1, -0.05) is 77.0 Å². The third-order valence-corrected chi connectivity index (χ3v) is 11.9. The maximum absolute atomic E-state index is 12.2. The summed E-state index contributed by atoms with van der Waals surface area (Å²) < 4.78 is 51.2. The predicted molar refractivity (Wildman–Crippen MR) is 201 cm³/mol. The summed E-state index contributed by atoms with van der Waals surface area (Å²) in [5.74, 6) is -0.422. The zero-order valence-corrected chi connectivity index (χ0v) is 33.0. The summed E-state index contributed by atoms with van der Waals surface area (Å²) in [6, 6.07) is -1.09. The Morgan fingerprint density at radius 2 is 0.944 bits per heavy atom. The molecule has 4 aliphatic carbocycles. The highest BCUT2D eigenvalue weighted by molar-refractivity contribution is 5.73. The molecule has 0 aromatic carbocycles. The maximum atomic E-state index is 12.2. The molecule has 13 nitrogen and oxygen atoms in total. The second kappa shape index (κ2) is 24.7. The lowest BCUT2D eigenvalue weighted by atomic mass is 9.97. The molecule has 1 heterocycles. The monoisotopic (exact) mass is 772 g/mol. The van der Waals surface area contributed by atoms with Gasteiger partial charge in [0.15, 0.2) is 6.29 Å². The maximum Gasteiger partial charge on any atom is 0.217 e. The van der Waals surface area contributed by atoms with E-state index in [0.717, 1.165) is 51.4 Å². The third kappa shape index (κ3) is 15.4. The van der Waals surface area contributed by atoms with E-state index in [1.807, 2.05) is 0 Å². The minimum atomic E-state index is -1.44. The summed E-state index contributed by atoms with van der Waals surface area (Å²) in [5, 5.41) is 34.3. The largest absolute Gasteiger partial charge is 0.394 e. The second-order valence-corrected chi connectivity index (χ2v) is 16.5. The highest BCUT2D eigenvalue weighted by atomic mass is 16.7. The highest BCUT2D eigenvalue weighted by Crippen LogP contribution is 2.27. The van der Waals surface area contributed by atoms with E-state index in [1.165, 1.54) is 84.0 Å². The molecule has 5 aliphatic rings. The third-order valence-electron chi connectivity index (χ3n) is 11.9. The summed E-state index contributed by atoms with van der Waals surface area (Å²) in [4.78, 5) is 12.2. The van der Waals surface area contributed by atoms with Crippen LogP contribution < -0.4 is 5.32 Å². The van der Waals surface area contributed by atoms with Crippen molar-refractivity contribution in [2.24, 2.45) is 0 Å². The van der Waals surface area contributed by atoms with Crippen LogP contribution in [-0.2, 0) is 42.7 Å². The lowest BCUT2D eigenvalue weighted by Gasteiger charge is -2.43. The minimum Gasteiger partial charge on any atom is -0.394 e. The molecule has 13 heteroatoms. The Morgan fingerprint density at radius 3 is 1.28 bits per heavy atom. The van der Waals surface area contributed by atoms with E-state index in [4.69, 9.17) is 37.9 Å². The van der Waals surface area contributed by atoms with Gasteiger partial charge in [-0.3, -0.25) is 4.79 Å². The summed E-state index contributed by atoms with van der Waals surface area (Å²) in [6.07, 6.45) is 17.0. The van der Waals surface area contributed by atoms with Gasteiger partial charge in [0.05, 0.1) is 70.7 Å². The van der Waals surface area contributed by atoms with Crippen LogP contribution in [0.15, 0.2) is 0 Å². The van der Waals surface area contributed by atoms with Crippen molar-refractivity contribution in [3.8, 4) is 0 Å². The molecule has 1 saturated heterocycles. The summed E-state index contributed by atoms with van der Waals surface area (Å²) in [5.41, 5.74) is 0. The molecule has 0 spiro atoms. The predicted octanol–water partition coefficient (Wildman–Crippen LogP) is 4.48. The van der Waals surface area contributed by atoms with Crippen molar-refractivity contribution < 1.29 is 58.0 Å². The number of hydrogen-bond donors (Lipinski definition) is 4. The lowest BCUT2D eigenvalue weighted by Crippen LogP contribution is -2.65. The average molecular weight is 772 g/mol. The van der Waals surface area contributed by atoms with Crippen molar-refractivity contribution in [2.75, 3.05) is 46.2 Å². The fourth-order valence-electron chi connectivity index (χ4n) is 8.58. The number of aliphatic hydroxyl groups excluding tert-OH is 3. The molecule has 0 radical (unpaired) electrons. The molecule has 0 bridgehead atoms. The van der Waals surface area contributed by atoms with E-state index in [0.29, 0.717) is 26.4 Å². The van der Waals surface area contributed by atoms with E-state index in [9.17, 15) is 20.1 Å². The number of amides is 1. The molecule has 4 N–H and O–H groups in total. The van der Waals surface area contributed by atoms with Gasteiger partial charge in [0.1, 0.15) is 42.7 Å². The van der Waals surface area contributed by atoms with Gasteiger partial charge >= 0.3 is 0 Å². The molecule has 0 aromatic heterocycles. The smallest absolute Gasteiger partial charge is 0.217 e. The number of aliphatic hydroxyl groups is 3. The number of carbonyl (C=O) groups excluding carboxylic acids is 1. The van der Waals surface area contributed by atoms with Crippen molar-refractivity contribution in [3.63, 3.8) is 0 Å². The van der Waals surface area contributed by atoms with Gasteiger partial charge in [-0.15, -0.1) is 0 Å². The van der Waals surface area contributed by atoms with Crippen molar-refractivity contribution in [3.05, 3.63) is 0 Å². The molecule has 314 valence electrons. The van der Waals surface area contributed by atoms with Crippen LogP contribution in [-0.4, -0.2) is 141 Å². The van der Waals surface area contributed by atoms with Crippen LogP contribution in [0, 0.1) is 0 Å². The van der Waals surface area contributed by atoms with E-state index in [2.05, 4.69) is 5.32 Å². The lowest BCUT2D eigenvalue weighted by molar-refractivity contribution is -0.291. The molecule has 54 heavy (non-hydrogen) atoms. The van der Waals surface area contributed by atoms with Crippen molar-refractivity contribution in [1.82, 2.24) is 5.32 Å². The zero-order chi connectivity index (χ0) is 38.0. The number of carbonyl (C=O) groups is 1. The molecule has 0 aromatic rings. The summed E-state index contributed by atoms with van der Waals surface area (Å²) >= 11 is 0. The molecule has 1 aliphatic heterocycles. The average Bonchev–Trinajstić information content (AvgIpc) is 3.21. The SMILES string of the molecule is CC(=O)N[C@H]1C(OC(COC(COC2CCCCC2)COC2CCCCC2)COC(COC2CCCCC2)COC2CCCCC2)O[C@H](CO)[C@@H](O)[C@@H]1O. The summed E-state index contributed by atoms with van der Waals surface area (Å²) in [6.45, 7) is 2.52. The van der Waals surface area contributed by atoms with E-state index in [1.54, 1.807) is 0 Å². The number of ether oxygens (including phenoxy) is 8. The fraction of sp³-hybridized carbons (Fsp3) is 0.976. The Hall–Kier alpha value is -0.970. The van der Waals surface area contributed by atoms with Crippen LogP contribution >= 0.6 is 0 Å². The molecule has 1 amide bonds. The normalized spacial score (nSPS) is 28.7. The van der Waals surface area contributed by atoms with Gasteiger partial charge in [0.25, 0.3) is 0 Å². The van der Waals surface area contributed by atoms with Crippen LogP contribution in [0.4, 0.5) is 0 Å². The summed E-state index contributed by atoms with van der Waals surface area (Å²) in [7, 11) is 0. The van der Waals surface area contributed by atoms with Gasteiger partial charge in [0.2, 0.25) is 5.91 Å². The first-order chi connectivity index (χ1) is 26.4. The van der Waals surface area contributed by atoms with Crippen LogP contribution in [0.5, 0.6) is 0 Å². The molecular formula is C41H73NO12. The number of rotatable bonds is 22. The van der Waals surface area contributed by atoms with Gasteiger partial charge in [-0.05, 0) is 51.4 Å². The van der Waals surface area contributed by atoms with Crippen LogP contribution in [0.1, 0.15) is 135 Å². The topological polar surface area (TPSA) is 164 Å². The Kier molecular flexibility index (Phi) is 20.2. The van der Waals surface area contributed by atoms with E-state index >= 15 is 0 Å². The molecule has 5 fully saturated rings. The first-order valence-electron chi connectivity index (χ1n) is 21.6. The Bertz CT molecular complexity index is 905. The highest BCUT2D eigenvalue weighted by Gasteiger charge is 2.46. The first kappa shape index (κ1) is 44.1. The second-order valence-electron chi connectivity index (χ2n) is 16.5. The van der Waals surface area contributed by atoms with Crippen molar-refractivity contribution in [2.45, 2.75) is 209 Å². The Balaban J connectivity index is 1.28. The zero-order valence-electron chi connectivity index (χ0n) is 33.0. The molecule has 5 atom stereocenters. The fourth-order valence-corrected chi connectivity index (χ4v) is 8.58. The number of hydrogen-bond acceptors (Lipinski definition) is 12. The van der Waals surface area contributed by atoms with Gasteiger partial charge in [-0.2, -0.15) is 0 Å². The van der Waals surface area contributed by atoms with Gasteiger partial charge in [-0.25, -0.2) is 0 Å². The molecule has 1 unspecified atom stereocenters. The van der Waals surface area contributed by atoms with Crippen molar-refractivity contribution in [1.29, 1.82) is 0 Å². The van der Waals surface area contributed by atoms with Gasteiger partial charge < -0.3 is 58.5 Å². The van der Waals surface area contributed by atoms with E-state index in [-0.39, 0.29) is 49.8 Å². The van der Waals surface area contributed by atoms with Crippen molar-refractivity contribution >= 4 is 5.91 Å². The van der Waals surface area contributed by atoms with Crippen LogP contribution in [0.25, 0.3) is 0 Å². The first-order valence-corrected chi connectivity index (χ1v) is 21.6. The van der Waals surface area contributed by atoms with Crippen LogP contribution in [0.3, 0.4) is 0 Å². The Labute approximate surface area is 323 Å². The standard InChI is InChI=1S/C41H73NO12/c1-29(44)42-38-40(46)39(45)37(22-43)54-41(38)53-36(27-51-34(23-47-30-14-6-2-7-15-30)24-48-31-16-8-3-9-17-31)28-52-35(25-49-32-18-10-4-11-19-32)26-50-33-20-12-5-13-21-33/h30-41,43,45-46H,2-28H2,1H3,(H,42,44)/t37-,38-,39-,40-,41?/m1/s1. The Morgan fingerprint density at radius 1 is 0.574 bits per heavy atom. The van der Waals surface area contributed by atoms with E-state index < -0.39 is 49.3 Å². The quantitative estimate of drug-likeness (QED) is 0.122. The molecular weight excluding hydrogens is 698 g/mol.